The fourth-order valence-corrected chi connectivity index (χ4v) is 1.65. The van der Waals surface area contributed by atoms with Gasteiger partial charge in [-0.05, 0) is 5.92 Å². The lowest BCUT2D eigenvalue weighted by atomic mass is 9.96. The molecule has 0 amide bonds. The normalized spacial score (nSPS) is 13.4. The molecule has 0 aliphatic carbocycles. The first-order valence-electron chi connectivity index (χ1n) is 6.11. The van der Waals surface area contributed by atoms with E-state index in [1.807, 2.05) is 0 Å². The van der Waals surface area contributed by atoms with Gasteiger partial charge in [-0.1, -0.05) is 39.3 Å². The van der Waals surface area contributed by atoms with E-state index < -0.39 is 0 Å². The quantitative estimate of drug-likeness (QED) is 0.836. The first kappa shape index (κ1) is 15.2. The Balaban J connectivity index is 2.75. The fraction of sp³-hybridized carbons (Fsp3) is 0.692. The van der Waals surface area contributed by atoms with Crippen molar-refractivity contribution in [3.05, 3.63) is 17.0 Å². The Labute approximate surface area is 114 Å². The molecule has 1 atom stereocenters. The molecule has 0 aliphatic rings. The van der Waals surface area contributed by atoms with Crippen LogP contribution in [0.15, 0.2) is 6.07 Å². The third-order valence-electron chi connectivity index (χ3n) is 2.45. The lowest BCUT2D eigenvalue weighted by Gasteiger charge is -2.18. The van der Waals surface area contributed by atoms with E-state index in [2.05, 4.69) is 43.0 Å². The van der Waals surface area contributed by atoms with E-state index in [0.717, 1.165) is 24.8 Å². The van der Waals surface area contributed by atoms with Gasteiger partial charge in [0.2, 0.25) is 0 Å². The number of hydrogen-bond donors (Lipinski definition) is 1. The third kappa shape index (κ3) is 4.78. The number of aromatic nitrogens is 2. The summed E-state index contributed by atoms with van der Waals surface area (Å²) in [5.74, 6) is 1.93. The molecule has 1 heterocycles. The van der Waals surface area contributed by atoms with Gasteiger partial charge in [-0.3, -0.25) is 0 Å². The van der Waals surface area contributed by atoms with Gasteiger partial charge in [0, 0.05) is 25.1 Å². The molecule has 0 radical (unpaired) electrons. The van der Waals surface area contributed by atoms with Crippen LogP contribution < -0.4 is 5.32 Å². The molecule has 5 heteroatoms. The molecule has 1 aromatic rings. The highest BCUT2D eigenvalue weighted by Crippen LogP contribution is 2.22. The number of nitrogens with zero attached hydrogens (tertiary/aromatic N) is 2. The molecule has 1 rings (SSSR count). The van der Waals surface area contributed by atoms with Crippen LogP contribution in [0.1, 0.15) is 33.5 Å². The first-order valence-corrected chi connectivity index (χ1v) is 6.48. The molecule has 1 unspecified atom stereocenters. The van der Waals surface area contributed by atoms with Crippen LogP contribution in [0.5, 0.6) is 0 Å². The lowest BCUT2D eigenvalue weighted by Crippen LogP contribution is -2.20. The maximum atomic E-state index is 6.02. The molecule has 18 heavy (non-hydrogen) atoms. The molecule has 0 aromatic carbocycles. The van der Waals surface area contributed by atoms with Crippen molar-refractivity contribution in [1.29, 1.82) is 0 Å². The van der Waals surface area contributed by atoms with Crippen molar-refractivity contribution >= 4 is 17.4 Å². The monoisotopic (exact) mass is 271 g/mol. The Morgan fingerprint density at radius 1 is 1.39 bits per heavy atom. The molecule has 4 nitrogen and oxygen atoms in total. The lowest BCUT2D eigenvalue weighted by molar-refractivity contribution is 0.164. The molecule has 102 valence electrons. The van der Waals surface area contributed by atoms with Gasteiger partial charge in [0.1, 0.15) is 16.8 Å². The van der Waals surface area contributed by atoms with Gasteiger partial charge in [-0.2, -0.15) is 0 Å². The highest BCUT2D eigenvalue weighted by molar-refractivity contribution is 6.29. The molecule has 0 saturated heterocycles. The zero-order valence-electron chi connectivity index (χ0n) is 11.7. The summed E-state index contributed by atoms with van der Waals surface area (Å²) in [6.45, 7) is 9.83. The Morgan fingerprint density at radius 3 is 2.61 bits per heavy atom. The summed E-state index contributed by atoms with van der Waals surface area (Å²) in [5, 5.41) is 3.74. The second-order valence-electron chi connectivity index (χ2n) is 5.59. The Bertz CT molecular complexity index is 390. The second kappa shape index (κ2) is 6.34. The standard InChI is InChI=1S/C13H22ClN3O/c1-9(8-18-5)7-15-11-6-10(14)16-12(17-11)13(2,3)4/h6,9H,7-8H2,1-5H3,(H,15,16,17). The van der Waals surface area contributed by atoms with Gasteiger partial charge < -0.3 is 10.1 Å². The second-order valence-corrected chi connectivity index (χ2v) is 5.98. The van der Waals surface area contributed by atoms with Gasteiger partial charge in [-0.25, -0.2) is 9.97 Å². The highest BCUT2D eigenvalue weighted by atomic mass is 35.5. The molecular formula is C13H22ClN3O. The molecule has 0 fully saturated rings. The number of methoxy groups -OCH3 is 1. The maximum absolute atomic E-state index is 6.02. The van der Waals surface area contributed by atoms with Crippen molar-refractivity contribution in [2.75, 3.05) is 25.6 Å². The smallest absolute Gasteiger partial charge is 0.137 e. The summed E-state index contributed by atoms with van der Waals surface area (Å²) in [4.78, 5) is 8.75. The number of halogens is 1. The molecule has 0 saturated carbocycles. The average molecular weight is 272 g/mol. The van der Waals surface area contributed by atoms with E-state index in [1.54, 1.807) is 13.2 Å². The van der Waals surface area contributed by atoms with E-state index in [9.17, 15) is 0 Å². The van der Waals surface area contributed by atoms with Gasteiger partial charge in [0.15, 0.2) is 0 Å². The van der Waals surface area contributed by atoms with Gasteiger partial charge in [-0.15, -0.1) is 0 Å². The summed E-state index contributed by atoms with van der Waals surface area (Å²) in [6.07, 6.45) is 0. The van der Waals surface area contributed by atoms with E-state index in [4.69, 9.17) is 16.3 Å². The summed E-state index contributed by atoms with van der Waals surface area (Å²) < 4.78 is 5.09. The number of anilines is 1. The summed E-state index contributed by atoms with van der Waals surface area (Å²) in [5.41, 5.74) is -0.112. The minimum Gasteiger partial charge on any atom is -0.384 e. The number of hydrogen-bond acceptors (Lipinski definition) is 4. The largest absolute Gasteiger partial charge is 0.384 e. The summed E-state index contributed by atoms with van der Waals surface area (Å²) in [7, 11) is 1.70. The maximum Gasteiger partial charge on any atom is 0.137 e. The summed E-state index contributed by atoms with van der Waals surface area (Å²) in [6, 6.07) is 1.75. The molecule has 0 spiro atoms. The van der Waals surface area contributed by atoms with Crippen LogP contribution in [0.2, 0.25) is 5.15 Å². The van der Waals surface area contributed by atoms with E-state index in [1.165, 1.54) is 0 Å². The summed E-state index contributed by atoms with van der Waals surface area (Å²) >= 11 is 6.02. The van der Waals surface area contributed by atoms with Crippen molar-refractivity contribution < 1.29 is 4.74 Å². The predicted molar refractivity (Wildman–Crippen MR) is 75.3 cm³/mol. The first-order chi connectivity index (χ1) is 8.32. The molecule has 1 aromatic heterocycles. The molecular weight excluding hydrogens is 250 g/mol. The van der Waals surface area contributed by atoms with Crippen LogP contribution in [0.25, 0.3) is 0 Å². The van der Waals surface area contributed by atoms with Gasteiger partial charge in [0.05, 0.1) is 6.61 Å². The average Bonchev–Trinajstić information content (AvgIpc) is 2.25. The van der Waals surface area contributed by atoms with Crippen molar-refractivity contribution in [2.24, 2.45) is 5.92 Å². The third-order valence-corrected chi connectivity index (χ3v) is 2.64. The Morgan fingerprint density at radius 2 is 2.06 bits per heavy atom. The van der Waals surface area contributed by atoms with E-state index >= 15 is 0 Å². The van der Waals surface area contributed by atoms with Crippen molar-refractivity contribution in [1.82, 2.24) is 9.97 Å². The van der Waals surface area contributed by atoms with Crippen LogP contribution in [0, 0.1) is 5.92 Å². The molecule has 0 aliphatic heterocycles. The van der Waals surface area contributed by atoms with Crippen LogP contribution in [0.3, 0.4) is 0 Å². The minimum absolute atomic E-state index is 0.112. The van der Waals surface area contributed by atoms with Crippen molar-refractivity contribution in [3.8, 4) is 0 Å². The Hall–Kier alpha value is -0.870. The van der Waals surface area contributed by atoms with Gasteiger partial charge in [0.25, 0.3) is 0 Å². The van der Waals surface area contributed by atoms with E-state index in [-0.39, 0.29) is 5.41 Å². The SMILES string of the molecule is COCC(C)CNc1cc(Cl)nc(C(C)(C)C)n1. The number of ether oxygens (including phenoxy) is 1. The minimum atomic E-state index is -0.112. The highest BCUT2D eigenvalue weighted by Gasteiger charge is 2.18. The van der Waals surface area contributed by atoms with Crippen LogP contribution in [-0.2, 0) is 10.2 Å². The van der Waals surface area contributed by atoms with E-state index in [0.29, 0.717) is 11.1 Å². The van der Waals surface area contributed by atoms with Crippen LogP contribution in [-0.4, -0.2) is 30.2 Å². The van der Waals surface area contributed by atoms with Crippen molar-refractivity contribution in [2.45, 2.75) is 33.1 Å². The Kier molecular flexibility index (Phi) is 5.35. The number of rotatable bonds is 5. The van der Waals surface area contributed by atoms with Gasteiger partial charge >= 0.3 is 0 Å². The van der Waals surface area contributed by atoms with Crippen LogP contribution in [0.4, 0.5) is 5.82 Å². The van der Waals surface area contributed by atoms with Crippen molar-refractivity contribution in [3.63, 3.8) is 0 Å². The fourth-order valence-electron chi connectivity index (χ4n) is 1.47. The number of nitrogens with one attached hydrogen (secondary N) is 1. The molecule has 0 bridgehead atoms. The van der Waals surface area contributed by atoms with Crippen LogP contribution >= 0.6 is 11.6 Å². The zero-order chi connectivity index (χ0) is 13.8. The zero-order valence-corrected chi connectivity index (χ0v) is 12.5. The predicted octanol–water partition coefficient (Wildman–Crippen LogP) is 3.12. The molecule has 1 N–H and O–H groups in total. The topological polar surface area (TPSA) is 47.0 Å².